The van der Waals surface area contributed by atoms with Gasteiger partial charge in [0, 0.05) is 24.7 Å². The highest BCUT2D eigenvalue weighted by Gasteiger charge is 2.24. The maximum absolute atomic E-state index is 12.5. The summed E-state index contributed by atoms with van der Waals surface area (Å²) in [7, 11) is 0. The molecule has 1 amide bonds. The second-order valence-electron chi connectivity index (χ2n) is 6.46. The molecule has 3 aromatic rings. The summed E-state index contributed by atoms with van der Waals surface area (Å²) in [5.74, 6) is 0.113. The van der Waals surface area contributed by atoms with E-state index >= 15 is 0 Å². The molecule has 8 nitrogen and oxygen atoms in total. The van der Waals surface area contributed by atoms with Gasteiger partial charge in [-0.15, -0.1) is 11.3 Å². The molecule has 0 saturated carbocycles. The van der Waals surface area contributed by atoms with Crippen molar-refractivity contribution in [1.82, 2.24) is 10.3 Å². The van der Waals surface area contributed by atoms with Gasteiger partial charge in [-0.1, -0.05) is 6.07 Å². The molecular weight excluding hydrogens is 380 g/mol. The number of benzene rings is 1. The first kappa shape index (κ1) is 18.2. The zero-order valence-corrected chi connectivity index (χ0v) is 15.8. The molecule has 4 rings (SSSR count). The lowest BCUT2D eigenvalue weighted by atomic mass is 10.1. The Morgan fingerprint density at radius 2 is 2.14 bits per heavy atom. The summed E-state index contributed by atoms with van der Waals surface area (Å²) in [6.07, 6.45) is 3.53. The third-order valence-electron chi connectivity index (χ3n) is 4.59. The van der Waals surface area contributed by atoms with Crippen LogP contribution in [0.3, 0.4) is 0 Å². The van der Waals surface area contributed by atoms with Gasteiger partial charge in [0.05, 0.1) is 22.0 Å². The number of nitrogens with zero attached hydrogens (tertiary/aromatic N) is 3. The quantitative estimate of drug-likeness (QED) is 0.500. The van der Waals surface area contributed by atoms with Crippen molar-refractivity contribution >= 4 is 28.6 Å². The molecule has 1 aliphatic rings. The smallest absolute Gasteiger partial charge is 0.293 e. The highest BCUT2D eigenvalue weighted by atomic mass is 32.1. The molecular formula is C19H18N4O4S. The number of rotatable bonds is 6. The Balaban J connectivity index is 1.46. The minimum Gasteiger partial charge on any atom is -0.443 e. The molecule has 0 spiro atoms. The van der Waals surface area contributed by atoms with Gasteiger partial charge in [-0.2, -0.15) is 0 Å². The van der Waals surface area contributed by atoms with Crippen LogP contribution in [0, 0.1) is 10.1 Å². The zero-order chi connectivity index (χ0) is 19.5. The highest BCUT2D eigenvalue weighted by Crippen LogP contribution is 2.31. The number of nitrogens with one attached hydrogen (secondary N) is 1. The average Bonchev–Trinajstić information content (AvgIpc) is 3.47. The Labute approximate surface area is 165 Å². The minimum absolute atomic E-state index is 0.0454. The fraction of sp³-hybridized carbons (Fsp3) is 0.263. The molecule has 1 fully saturated rings. The van der Waals surface area contributed by atoms with Crippen LogP contribution in [0.15, 0.2) is 46.4 Å². The van der Waals surface area contributed by atoms with Gasteiger partial charge >= 0.3 is 0 Å². The molecule has 0 atom stereocenters. The predicted molar refractivity (Wildman–Crippen MR) is 106 cm³/mol. The lowest BCUT2D eigenvalue weighted by Crippen LogP contribution is -2.24. The van der Waals surface area contributed by atoms with E-state index in [0.29, 0.717) is 17.3 Å². The molecule has 0 unspecified atom stereocenters. The number of carbonyl (C=O) groups is 1. The van der Waals surface area contributed by atoms with Crippen LogP contribution in [-0.4, -0.2) is 28.9 Å². The summed E-state index contributed by atoms with van der Waals surface area (Å²) in [5.41, 5.74) is 1.35. The molecule has 1 aliphatic heterocycles. The van der Waals surface area contributed by atoms with Crippen LogP contribution in [-0.2, 0) is 6.54 Å². The molecule has 28 heavy (non-hydrogen) atoms. The van der Waals surface area contributed by atoms with Gasteiger partial charge in [-0.3, -0.25) is 14.9 Å². The van der Waals surface area contributed by atoms with Crippen LogP contribution >= 0.6 is 11.3 Å². The third-order valence-corrected chi connectivity index (χ3v) is 5.45. The number of aromatic nitrogens is 1. The maximum atomic E-state index is 12.5. The maximum Gasteiger partial charge on any atom is 0.293 e. The van der Waals surface area contributed by atoms with Crippen LogP contribution in [0.1, 0.15) is 28.9 Å². The molecule has 0 aliphatic carbocycles. The molecule has 1 N–H and O–H groups in total. The first-order valence-corrected chi connectivity index (χ1v) is 9.79. The summed E-state index contributed by atoms with van der Waals surface area (Å²) in [5, 5.41) is 16.1. The van der Waals surface area contributed by atoms with Crippen LogP contribution in [0.4, 0.5) is 11.4 Å². The van der Waals surface area contributed by atoms with Crippen molar-refractivity contribution < 1.29 is 14.1 Å². The van der Waals surface area contributed by atoms with Crippen molar-refractivity contribution in [2.24, 2.45) is 0 Å². The van der Waals surface area contributed by atoms with Crippen molar-refractivity contribution in [2.75, 3.05) is 18.0 Å². The summed E-state index contributed by atoms with van der Waals surface area (Å²) < 4.78 is 5.42. The van der Waals surface area contributed by atoms with E-state index in [4.69, 9.17) is 4.42 Å². The van der Waals surface area contributed by atoms with Gasteiger partial charge in [-0.05, 0) is 36.4 Å². The number of amides is 1. The standard InChI is InChI=1S/C19H18N4O4S/c24-18(20-11-14-12-27-19(21-14)17-4-3-9-28-17)13-5-6-15(16(10-13)23(25)26)22-7-1-2-8-22/h3-6,9-10,12H,1-2,7-8,11H2,(H,20,24). The number of hydrogen-bond donors (Lipinski definition) is 1. The van der Waals surface area contributed by atoms with Crippen LogP contribution in [0.2, 0.25) is 0 Å². The summed E-state index contributed by atoms with van der Waals surface area (Å²) in [6.45, 7) is 1.77. The van der Waals surface area contributed by atoms with Crippen molar-refractivity contribution in [3.05, 3.63) is 63.3 Å². The Bertz CT molecular complexity index is 993. The summed E-state index contributed by atoms with van der Waals surface area (Å²) in [6, 6.07) is 8.42. The van der Waals surface area contributed by atoms with Crippen LogP contribution in [0.5, 0.6) is 0 Å². The van der Waals surface area contributed by atoms with Gasteiger partial charge in [0.15, 0.2) is 0 Å². The summed E-state index contributed by atoms with van der Waals surface area (Å²) in [4.78, 5) is 30.7. The van der Waals surface area contributed by atoms with E-state index in [1.807, 2.05) is 22.4 Å². The molecule has 3 heterocycles. The first-order chi connectivity index (χ1) is 13.6. The van der Waals surface area contributed by atoms with Gasteiger partial charge in [0.2, 0.25) is 5.89 Å². The van der Waals surface area contributed by atoms with Crippen molar-refractivity contribution in [1.29, 1.82) is 0 Å². The van der Waals surface area contributed by atoms with Gasteiger partial charge < -0.3 is 14.6 Å². The molecule has 0 bridgehead atoms. The third kappa shape index (κ3) is 3.74. The fourth-order valence-corrected chi connectivity index (χ4v) is 3.87. The number of hydrogen-bond acceptors (Lipinski definition) is 7. The van der Waals surface area contributed by atoms with E-state index in [-0.39, 0.29) is 17.8 Å². The van der Waals surface area contributed by atoms with E-state index in [1.54, 1.807) is 12.1 Å². The first-order valence-electron chi connectivity index (χ1n) is 8.91. The Kier molecular flexibility index (Phi) is 5.07. The lowest BCUT2D eigenvalue weighted by Gasteiger charge is -2.17. The van der Waals surface area contributed by atoms with Crippen LogP contribution in [0.25, 0.3) is 10.8 Å². The predicted octanol–water partition coefficient (Wildman–Crippen LogP) is 3.84. The Hall–Kier alpha value is -3.20. The largest absolute Gasteiger partial charge is 0.443 e. The molecule has 2 aromatic heterocycles. The monoisotopic (exact) mass is 398 g/mol. The second kappa shape index (κ2) is 7.81. The molecule has 1 saturated heterocycles. The normalized spacial score (nSPS) is 13.6. The van der Waals surface area contributed by atoms with Crippen molar-refractivity contribution in [2.45, 2.75) is 19.4 Å². The number of carbonyl (C=O) groups excluding carboxylic acids is 1. The topological polar surface area (TPSA) is 102 Å². The number of anilines is 1. The fourth-order valence-electron chi connectivity index (χ4n) is 3.21. The molecule has 1 aromatic carbocycles. The number of nitro benzene ring substituents is 1. The van der Waals surface area contributed by atoms with E-state index in [9.17, 15) is 14.9 Å². The van der Waals surface area contributed by atoms with E-state index < -0.39 is 10.8 Å². The van der Waals surface area contributed by atoms with Crippen molar-refractivity contribution in [3.63, 3.8) is 0 Å². The number of thiophene rings is 1. The van der Waals surface area contributed by atoms with Gasteiger partial charge in [-0.25, -0.2) is 4.98 Å². The van der Waals surface area contributed by atoms with Crippen LogP contribution < -0.4 is 10.2 Å². The van der Waals surface area contributed by atoms with E-state index in [1.165, 1.54) is 23.7 Å². The zero-order valence-electron chi connectivity index (χ0n) is 15.0. The number of oxazole rings is 1. The molecule has 144 valence electrons. The summed E-state index contributed by atoms with van der Waals surface area (Å²) >= 11 is 1.52. The lowest BCUT2D eigenvalue weighted by molar-refractivity contribution is -0.384. The minimum atomic E-state index is -0.435. The average molecular weight is 398 g/mol. The SMILES string of the molecule is O=C(NCc1coc(-c2cccs2)n1)c1ccc(N2CCCC2)c([N+](=O)[O-])c1. The number of nitro groups is 1. The molecule has 9 heteroatoms. The van der Waals surface area contributed by atoms with Gasteiger partial charge in [0.1, 0.15) is 12.0 Å². The van der Waals surface area contributed by atoms with Crippen molar-refractivity contribution in [3.8, 4) is 10.8 Å². The second-order valence-corrected chi connectivity index (χ2v) is 7.41. The molecule has 0 radical (unpaired) electrons. The van der Waals surface area contributed by atoms with Gasteiger partial charge in [0.25, 0.3) is 11.6 Å². The highest BCUT2D eigenvalue weighted by molar-refractivity contribution is 7.13. The Morgan fingerprint density at radius 1 is 1.32 bits per heavy atom. The van der Waals surface area contributed by atoms with E-state index in [2.05, 4.69) is 10.3 Å². The Morgan fingerprint density at radius 3 is 2.86 bits per heavy atom. The van der Waals surface area contributed by atoms with E-state index in [0.717, 1.165) is 30.8 Å².